The van der Waals surface area contributed by atoms with Gasteiger partial charge in [0.1, 0.15) is 36.0 Å². The van der Waals surface area contributed by atoms with E-state index in [9.17, 15) is 23.6 Å². The normalized spacial score (nSPS) is 10.3. The minimum absolute atomic E-state index is 0.0175. The van der Waals surface area contributed by atoms with Crippen molar-refractivity contribution in [1.29, 1.82) is 0 Å². The zero-order valence-corrected chi connectivity index (χ0v) is 22.6. The van der Waals surface area contributed by atoms with Crippen LogP contribution >= 0.6 is 0 Å². The van der Waals surface area contributed by atoms with E-state index in [1.165, 1.54) is 30.3 Å². The summed E-state index contributed by atoms with van der Waals surface area (Å²) in [6, 6.07) is 16.8. The van der Waals surface area contributed by atoms with Gasteiger partial charge in [-0.15, -0.1) is 0 Å². The Kier molecular flexibility index (Phi) is 11.2. The second-order valence-electron chi connectivity index (χ2n) is 8.71. The quantitative estimate of drug-likeness (QED) is 0.110. The van der Waals surface area contributed by atoms with Gasteiger partial charge in [0.15, 0.2) is 0 Å². The van der Waals surface area contributed by atoms with Crippen LogP contribution in [0.15, 0.2) is 79.1 Å². The molecule has 0 spiro atoms. The number of benzene rings is 3. The molecule has 0 N–H and O–H groups in total. The third kappa shape index (κ3) is 9.31. The van der Waals surface area contributed by atoms with E-state index >= 15 is 0 Å². The fourth-order valence-electron chi connectivity index (χ4n) is 3.28. The van der Waals surface area contributed by atoms with Gasteiger partial charge in [0.25, 0.3) is 0 Å². The van der Waals surface area contributed by atoms with Gasteiger partial charge in [-0.1, -0.05) is 37.6 Å². The Hall–Kier alpha value is -4.99. The number of carbonyl (C=O) groups is 4. The third-order valence-electron chi connectivity index (χ3n) is 5.50. The average molecular weight is 565 g/mol. The van der Waals surface area contributed by atoms with E-state index in [0.717, 1.165) is 18.4 Å². The molecular weight excluding hydrogens is 535 g/mol. The average Bonchev–Trinajstić information content (AvgIpc) is 2.96. The summed E-state index contributed by atoms with van der Waals surface area (Å²) in [5, 5.41) is 0. The first-order chi connectivity index (χ1) is 19.7. The van der Waals surface area contributed by atoms with Gasteiger partial charge in [-0.25, -0.2) is 19.2 Å². The first-order valence-electron chi connectivity index (χ1n) is 12.7. The Labute approximate surface area is 236 Å². The lowest BCUT2D eigenvalue weighted by molar-refractivity contribution is -0.141. The Balaban J connectivity index is 1.77. The number of esters is 4. The van der Waals surface area contributed by atoms with E-state index in [4.69, 9.17) is 18.9 Å². The minimum Gasteiger partial charge on any atom is -0.494 e. The second kappa shape index (κ2) is 15.0. The van der Waals surface area contributed by atoms with Gasteiger partial charge in [0.05, 0.1) is 17.7 Å². The summed E-state index contributed by atoms with van der Waals surface area (Å²) < 4.78 is 38.9. The van der Waals surface area contributed by atoms with E-state index in [1.807, 2.05) is 13.8 Å². The van der Waals surface area contributed by atoms with Gasteiger partial charge >= 0.3 is 23.9 Å². The molecular formula is C31H29FO9. The van der Waals surface area contributed by atoms with Crippen LogP contribution in [0.4, 0.5) is 4.39 Å². The number of rotatable bonds is 13. The molecule has 41 heavy (non-hydrogen) atoms. The molecule has 3 rings (SSSR count). The molecule has 0 saturated carbocycles. The molecule has 0 fully saturated rings. The smallest absolute Gasteiger partial charge is 0.366 e. The highest BCUT2D eigenvalue weighted by molar-refractivity contribution is 5.97. The summed E-state index contributed by atoms with van der Waals surface area (Å²) in [6.45, 7) is 6.41. The first kappa shape index (κ1) is 30.6. The van der Waals surface area contributed by atoms with Crippen molar-refractivity contribution in [3.05, 3.63) is 101 Å². The van der Waals surface area contributed by atoms with Crippen molar-refractivity contribution in [2.75, 3.05) is 19.8 Å². The van der Waals surface area contributed by atoms with E-state index in [0.29, 0.717) is 12.4 Å². The van der Waals surface area contributed by atoms with Gasteiger partial charge < -0.3 is 23.7 Å². The summed E-state index contributed by atoms with van der Waals surface area (Å²) in [5.41, 5.74) is 1.19. The zero-order chi connectivity index (χ0) is 29.8. The fraction of sp³-hybridized carbons (Fsp3) is 0.226. The molecule has 0 bridgehead atoms. The second-order valence-corrected chi connectivity index (χ2v) is 8.71. The predicted octanol–water partition coefficient (Wildman–Crippen LogP) is 5.80. The molecule has 0 aliphatic carbocycles. The molecule has 0 amide bonds. The van der Waals surface area contributed by atoms with Crippen LogP contribution in [-0.2, 0) is 14.3 Å². The molecule has 3 aromatic rings. The molecule has 0 aliphatic rings. The molecule has 3 aromatic carbocycles. The number of hydrogen-bond donors (Lipinski definition) is 0. The van der Waals surface area contributed by atoms with Crippen LogP contribution in [0.5, 0.6) is 17.2 Å². The highest BCUT2D eigenvalue weighted by atomic mass is 19.1. The van der Waals surface area contributed by atoms with Crippen LogP contribution < -0.4 is 14.2 Å². The molecule has 0 saturated heterocycles. The van der Waals surface area contributed by atoms with Crippen LogP contribution in [0.1, 0.15) is 56.4 Å². The van der Waals surface area contributed by atoms with E-state index < -0.39 is 42.9 Å². The first-order valence-corrected chi connectivity index (χ1v) is 12.7. The maximum atomic E-state index is 12.9. The Morgan fingerprint density at radius 2 is 1.32 bits per heavy atom. The monoisotopic (exact) mass is 564 g/mol. The van der Waals surface area contributed by atoms with Crippen LogP contribution in [0.2, 0.25) is 0 Å². The van der Waals surface area contributed by atoms with Crippen LogP contribution in [0.25, 0.3) is 0 Å². The molecule has 9 nitrogen and oxygen atoms in total. The third-order valence-corrected chi connectivity index (χ3v) is 5.50. The summed E-state index contributed by atoms with van der Waals surface area (Å²) in [6.07, 6.45) is 1.88. The van der Waals surface area contributed by atoms with Gasteiger partial charge in [-0.05, 0) is 67.9 Å². The van der Waals surface area contributed by atoms with Crippen molar-refractivity contribution in [3.63, 3.8) is 0 Å². The molecule has 0 aromatic heterocycles. The molecule has 0 radical (unpaired) electrons. The number of carbonyl (C=O) groups excluding carboxylic acids is 4. The summed E-state index contributed by atoms with van der Waals surface area (Å²) in [7, 11) is 0. The number of halogens is 1. The summed E-state index contributed by atoms with van der Waals surface area (Å²) in [5.74, 6) is -4.60. The van der Waals surface area contributed by atoms with Gasteiger partial charge in [0.2, 0.25) is 5.83 Å². The molecule has 0 atom stereocenters. The van der Waals surface area contributed by atoms with Crippen LogP contribution in [-0.4, -0.2) is 43.7 Å². The lowest BCUT2D eigenvalue weighted by Gasteiger charge is -2.13. The standard InChI is InChI=1S/C31H29FO9/c1-4-5-16-37-24-12-10-23(11-13-24)30(35)41-27-15-14-25(40-29(34)22-8-6-20(2)7-9-22)19-26(27)31(36)39-18-17-38-28(33)21(3)32/h6-15,19H,3-5,16-18H2,1-2H3. The van der Waals surface area contributed by atoms with Crippen molar-refractivity contribution >= 4 is 23.9 Å². The maximum absolute atomic E-state index is 12.9. The number of hydrogen-bond acceptors (Lipinski definition) is 9. The van der Waals surface area contributed by atoms with Gasteiger partial charge in [0, 0.05) is 0 Å². The Bertz CT molecular complexity index is 1400. The molecule has 214 valence electrons. The van der Waals surface area contributed by atoms with E-state index in [-0.39, 0.29) is 28.2 Å². The molecule has 0 heterocycles. The lowest BCUT2D eigenvalue weighted by Crippen LogP contribution is -2.17. The Morgan fingerprint density at radius 1 is 0.732 bits per heavy atom. The topological polar surface area (TPSA) is 114 Å². The van der Waals surface area contributed by atoms with Gasteiger partial charge in [-0.3, -0.25) is 0 Å². The van der Waals surface area contributed by atoms with Crippen molar-refractivity contribution in [1.82, 2.24) is 0 Å². The Morgan fingerprint density at radius 3 is 1.95 bits per heavy atom. The number of unbranched alkanes of at least 4 members (excludes halogenated alkanes) is 1. The zero-order valence-electron chi connectivity index (χ0n) is 22.6. The number of ether oxygens (including phenoxy) is 5. The molecule has 0 unspecified atom stereocenters. The van der Waals surface area contributed by atoms with Crippen molar-refractivity contribution < 1.29 is 47.3 Å². The lowest BCUT2D eigenvalue weighted by atomic mass is 10.1. The van der Waals surface area contributed by atoms with Crippen molar-refractivity contribution in [3.8, 4) is 17.2 Å². The van der Waals surface area contributed by atoms with E-state index in [1.54, 1.807) is 36.4 Å². The molecule has 10 heteroatoms. The largest absolute Gasteiger partial charge is 0.494 e. The van der Waals surface area contributed by atoms with Crippen LogP contribution in [0, 0.1) is 6.92 Å². The van der Waals surface area contributed by atoms with Crippen LogP contribution in [0.3, 0.4) is 0 Å². The predicted molar refractivity (Wildman–Crippen MR) is 146 cm³/mol. The molecule has 0 aliphatic heterocycles. The SMILES string of the molecule is C=C(F)C(=O)OCCOC(=O)c1cc(OC(=O)c2ccc(C)cc2)ccc1OC(=O)c1ccc(OCCCC)cc1. The fourth-order valence-corrected chi connectivity index (χ4v) is 3.28. The summed E-state index contributed by atoms with van der Waals surface area (Å²) >= 11 is 0. The van der Waals surface area contributed by atoms with E-state index in [2.05, 4.69) is 11.3 Å². The summed E-state index contributed by atoms with van der Waals surface area (Å²) in [4.78, 5) is 49.5. The van der Waals surface area contributed by atoms with Crippen molar-refractivity contribution in [2.24, 2.45) is 0 Å². The minimum atomic E-state index is -1.30. The highest BCUT2D eigenvalue weighted by Crippen LogP contribution is 2.27. The van der Waals surface area contributed by atoms with Gasteiger partial charge in [-0.2, -0.15) is 4.39 Å². The number of aryl methyl sites for hydroxylation is 1. The maximum Gasteiger partial charge on any atom is 0.366 e. The highest BCUT2D eigenvalue weighted by Gasteiger charge is 2.21. The van der Waals surface area contributed by atoms with Crippen molar-refractivity contribution in [2.45, 2.75) is 26.7 Å².